The monoisotopic (exact) mass is 343 g/mol. The van der Waals surface area contributed by atoms with Crippen LogP contribution in [0.25, 0.3) is 0 Å². The van der Waals surface area contributed by atoms with Gasteiger partial charge in [-0.15, -0.1) is 0 Å². The van der Waals surface area contributed by atoms with Gasteiger partial charge in [0.05, 0.1) is 6.04 Å². The highest BCUT2D eigenvalue weighted by molar-refractivity contribution is 6.31. The molecule has 1 unspecified atom stereocenters. The number of benzene rings is 1. The van der Waals surface area contributed by atoms with Crippen molar-refractivity contribution in [2.45, 2.75) is 25.3 Å². The molecule has 3 N–H and O–H groups in total. The Balaban J connectivity index is 2.05. The predicted octanol–water partition coefficient (Wildman–Crippen LogP) is 2.30. The maximum absolute atomic E-state index is 14.3. The molecule has 0 radical (unpaired) electrons. The summed E-state index contributed by atoms with van der Waals surface area (Å²) in [6.07, 6.45) is 2.62. The zero-order chi connectivity index (χ0) is 16.7. The van der Waals surface area contributed by atoms with E-state index in [0.29, 0.717) is 23.6 Å². The summed E-state index contributed by atoms with van der Waals surface area (Å²) in [7, 11) is 0. The molecule has 1 saturated heterocycles. The van der Waals surface area contributed by atoms with Gasteiger partial charge in [0.2, 0.25) is 0 Å². The minimum atomic E-state index is -0.350. The van der Waals surface area contributed by atoms with Gasteiger partial charge in [0.1, 0.15) is 5.82 Å². The first-order chi connectivity index (χ1) is 11.1. The molecule has 0 aliphatic carbocycles. The number of aliphatic hydroxyl groups excluding tert-OH is 1. The number of carbonyl (C=O) groups excluding carboxylic acids is 1. The fourth-order valence-corrected chi connectivity index (χ4v) is 3.12. The maximum Gasteiger partial charge on any atom is 0.314 e. The highest BCUT2D eigenvalue weighted by Gasteiger charge is 2.27. The fourth-order valence-electron chi connectivity index (χ4n) is 2.83. The van der Waals surface area contributed by atoms with Crippen molar-refractivity contribution in [1.82, 2.24) is 15.5 Å². The van der Waals surface area contributed by atoms with Crippen LogP contribution in [0.4, 0.5) is 9.18 Å². The zero-order valence-corrected chi connectivity index (χ0v) is 13.8. The zero-order valence-electron chi connectivity index (χ0n) is 13.0. The second kappa shape index (κ2) is 9.05. The summed E-state index contributed by atoms with van der Waals surface area (Å²) < 4.78 is 14.3. The molecule has 1 atom stereocenters. The summed E-state index contributed by atoms with van der Waals surface area (Å²) >= 11 is 6.20. The Kier molecular flexibility index (Phi) is 7.08. The van der Waals surface area contributed by atoms with Crippen LogP contribution in [0, 0.1) is 5.82 Å². The number of nitrogens with one attached hydrogen (secondary N) is 2. The lowest BCUT2D eigenvalue weighted by Crippen LogP contribution is -2.42. The third-order valence-corrected chi connectivity index (χ3v) is 4.32. The van der Waals surface area contributed by atoms with E-state index in [1.54, 1.807) is 12.1 Å². The van der Waals surface area contributed by atoms with E-state index in [-0.39, 0.29) is 31.0 Å². The van der Waals surface area contributed by atoms with Crippen LogP contribution in [0.1, 0.15) is 30.9 Å². The summed E-state index contributed by atoms with van der Waals surface area (Å²) in [5.74, 6) is -0.350. The van der Waals surface area contributed by atoms with Crippen LogP contribution in [0.2, 0.25) is 5.02 Å². The molecule has 0 saturated carbocycles. The molecule has 0 spiro atoms. The highest BCUT2D eigenvalue weighted by atomic mass is 35.5. The van der Waals surface area contributed by atoms with Crippen LogP contribution >= 0.6 is 11.6 Å². The topological polar surface area (TPSA) is 64.6 Å². The average Bonchev–Trinajstić information content (AvgIpc) is 3.04. The Hall–Kier alpha value is -1.37. The van der Waals surface area contributed by atoms with Gasteiger partial charge in [0.25, 0.3) is 0 Å². The highest BCUT2D eigenvalue weighted by Crippen LogP contribution is 2.31. The SMILES string of the molecule is O=C(NCCCO)NCC(c1c(F)cccc1Cl)N1CCCC1. The van der Waals surface area contributed by atoms with Crippen molar-refractivity contribution in [3.05, 3.63) is 34.6 Å². The minimum Gasteiger partial charge on any atom is -0.396 e. The van der Waals surface area contributed by atoms with E-state index in [4.69, 9.17) is 16.7 Å². The number of carbonyl (C=O) groups is 1. The van der Waals surface area contributed by atoms with Crippen molar-refractivity contribution < 1.29 is 14.3 Å². The lowest BCUT2D eigenvalue weighted by molar-refractivity contribution is 0.217. The third kappa shape index (κ3) is 5.06. The third-order valence-electron chi connectivity index (χ3n) is 3.99. The summed E-state index contributed by atoms with van der Waals surface area (Å²) in [5, 5.41) is 14.5. The molecule has 7 heteroatoms. The first-order valence-corrected chi connectivity index (χ1v) is 8.31. The summed E-state index contributed by atoms with van der Waals surface area (Å²) in [6, 6.07) is 4.04. The standard InChI is InChI=1S/C16H23ClFN3O2/c17-12-5-3-6-13(18)15(12)14(21-8-1-2-9-21)11-20-16(23)19-7-4-10-22/h3,5-6,14,22H,1-2,4,7-11H2,(H2,19,20,23). The van der Waals surface area contributed by atoms with Gasteiger partial charge in [-0.1, -0.05) is 17.7 Å². The average molecular weight is 344 g/mol. The lowest BCUT2D eigenvalue weighted by atomic mass is 10.0. The predicted molar refractivity (Wildman–Crippen MR) is 88.1 cm³/mol. The molecular formula is C16H23ClFN3O2. The van der Waals surface area contributed by atoms with E-state index in [9.17, 15) is 9.18 Å². The molecule has 1 heterocycles. The summed E-state index contributed by atoms with van der Waals surface area (Å²) in [4.78, 5) is 13.9. The first-order valence-electron chi connectivity index (χ1n) is 7.94. The van der Waals surface area contributed by atoms with Gasteiger partial charge in [-0.05, 0) is 44.5 Å². The van der Waals surface area contributed by atoms with Crippen molar-refractivity contribution in [2.75, 3.05) is 32.8 Å². The Morgan fingerprint density at radius 2 is 2.09 bits per heavy atom. The van der Waals surface area contributed by atoms with Crippen LogP contribution in [0.15, 0.2) is 18.2 Å². The van der Waals surface area contributed by atoms with Crippen molar-refractivity contribution in [2.24, 2.45) is 0 Å². The van der Waals surface area contributed by atoms with Crippen LogP contribution in [0.5, 0.6) is 0 Å². The molecule has 128 valence electrons. The number of likely N-dealkylation sites (tertiary alicyclic amines) is 1. The molecular weight excluding hydrogens is 321 g/mol. The number of nitrogens with zero attached hydrogens (tertiary/aromatic N) is 1. The quantitative estimate of drug-likeness (QED) is 0.666. The van der Waals surface area contributed by atoms with Crippen molar-refractivity contribution in [1.29, 1.82) is 0 Å². The Bertz CT molecular complexity index is 504. The largest absolute Gasteiger partial charge is 0.396 e. The molecule has 1 aliphatic rings. The second-order valence-electron chi connectivity index (χ2n) is 5.61. The number of hydrogen-bond donors (Lipinski definition) is 3. The minimum absolute atomic E-state index is 0.0293. The molecule has 0 bridgehead atoms. The number of aliphatic hydroxyl groups is 1. The van der Waals surface area contributed by atoms with E-state index < -0.39 is 0 Å². The molecule has 1 aromatic rings. The number of amides is 2. The van der Waals surface area contributed by atoms with E-state index in [1.807, 2.05) is 0 Å². The molecule has 1 fully saturated rings. The molecule has 23 heavy (non-hydrogen) atoms. The van der Waals surface area contributed by atoms with Gasteiger partial charge >= 0.3 is 6.03 Å². The van der Waals surface area contributed by atoms with Crippen LogP contribution in [-0.2, 0) is 0 Å². The number of rotatable bonds is 7. The first kappa shape index (κ1) is 18.0. The molecule has 2 rings (SSSR count). The Labute approximate surface area is 140 Å². The van der Waals surface area contributed by atoms with Crippen LogP contribution in [-0.4, -0.2) is 48.8 Å². The van der Waals surface area contributed by atoms with Gasteiger partial charge in [-0.25, -0.2) is 9.18 Å². The van der Waals surface area contributed by atoms with E-state index >= 15 is 0 Å². The Morgan fingerprint density at radius 3 is 2.74 bits per heavy atom. The fraction of sp³-hybridized carbons (Fsp3) is 0.562. The van der Waals surface area contributed by atoms with E-state index in [0.717, 1.165) is 25.9 Å². The lowest BCUT2D eigenvalue weighted by Gasteiger charge is -2.29. The van der Waals surface area contributed by atoms with Crippen molar-refractivity contribution in [3.63, 3.8) is 0 Å². The molecule has 0 aromatic heterocycles. The van der Waals surface area contributed by atoms with Gasteiger partial charge in [0, 0.05) is 30.3 Å². The van der Waals surface area contributed by atoms with Crippen LogP contribution in [0.3, 0.4) is 0 Å². The second-order valence-corrected chi connectivity index (χ2v) is 6.02. The van der Waals surface area contributed by atoms with Gasteiger partial charge in [0.15, 0.2) is 0 Å². The number of urea groups is 1. The Morgan fingerprint density at radius 1 is 1.35 bits per heavy atom. The molecule has 1 aliphatic heterocycles. The molecule has 5 nitrogen and oxygen atoms in total. The number of hydrogen-bond acceptors (Lipinski definition) is 3. The number of halogens is 2. The summed E-state index contributed by atoms with van der Waals surface area (Å²) in [6.45, 7) is 2.44. The van der Waals surface area contributed by atoms with Crippen molar-refractivity contribution in [3.8, 4) is 0 Å². The van der Waals surface area contributed by atoms with Crippen LogP contribution < -0.4 is 10.6 Å². The van der Waals surface area contributed by atoms with E-state index in [2.05, 4.69) is 15.5 Å². The van der Waals surface area contributed by atoms with E-state index in [1.165, 1.54) is 6.07 Å². The van der Waals surface area contributed by atoms with Gasteiger partial charge in [-0.2, -0.15) is 0 Å². The van der Waals surface area contributed by atoms with Gasteiger partial charge in [-0.3, -0.25) is 4.90 Å². The molecule has 1 aromatic carbocycles. The van der Waals surface area contributed by atoms with Gasteiger partial charge < -0.3 is 15.7 Å². The maximum atomic E-state index is 14.3. The van der Waals surface area contributed by atoms with Crippen molar-refractivity contribution >= 4 is 17.6 Å². The normalized spacial score (nSPS) is 16.3. The molecule has 2 amide bonds. The summed E-state index contributed by atoms with van der Waals surface area (Å²) in [5.41, 5.74) is 0.437. The smallest absolute Gasteiger partial charge is 0.314 e.